The Bertz CT molecular complexity index is 62.9. The molecule has 1 aliphatic rings. The molecule has 0 aromatic carbocycles. The van der Waals surface area contributed by atoms with Crippen LogP contribution in [-0.2, 0) is 32.7 Å². The summed E-state index contributed by atoms with van der Waals surface area (Å²) in [6.07, 6.45) is 2.35. The molecule has 0 amide bonds. The third kappa shape index (κ3) is 3.62. The van der Waals surface area contributed by atoms with Gasteiger partial charge in [-0.05, 0) is 0 Å². The Hall–Kier alpha value is 0.644. The van der Waals surface area contributed by atoms with Gasteiger partial charge in [-0.15, -0.1) is 13.1 Å². The maximum atomic E-state index is 4.04. The summed E-state index contributed by atoms with van der Waals surface area (Å²) in [5.74, 6) is 0. The molecule has 0 aliphatic carbocycles. The fourth-order valence-electron chi connectivity index (χ4n) is 0.599. The van der Waals surface area contributed by atoms with E-state index in [1.165, 1.54) is 6.42 Å². The zero-order chi connectivity index (χ0) is 4.41. The zero-order valence-electron chi connectivity index (χ0n) is 5.35. The van der Waals surface area contributed by atoms with Gasteiger partial charge in [-0.25, -0.2) is 0 Å². The molecule has 0 atom stereocenters. The molecule has 8 heavy (non-hydrogen) atoms. The van der Waals surface area contributed by atoms with Gasteiger partial charge in [-0.3, -0.25) is 0 Å². The molecule has 0 unspecified atom stereocenters. The van der Waals surface area contributed by atoms with E-state index in [2.05, 4.69) is 11.9 Å². The molecule has 1 aliphatic heterocycles. The van der Waals surface area contributed by atoms with Crippen LogP contribution in [0.1, 0.15) is 12.8 Å². The standard InChI is InChI=1S/C5H8N.CH3.Y/c1-5-3-2-4-6-5;;/h1-4H2;1H3;/q2*-1;. The van der Waals surface area contributed by atoms with Crippen molar-refractivity contribution in [1.82, 2.24) is 0 Å². The van der Waals surface area contributed by atoms with E-state index in [9.17, 15) is 0 Å². The first-order valence-electron chi connectivity index (χ1n) is 2.25. The van der Waals surface area contributed by atoms with E-state index in [4.69, 9.17) is 0 Å². The average Bonchev–Trinajstić information content (AvgIpc) is 1.86. The Balaban J connectivity index is 0. The van der Waals surface area contributed by atoms with Gasteiger partial charge in [0.15, 0.2) is 0 Å². The second-order valence-corrected chi connectivity index (χ2v) is 1.55. The van der Waals surface area contributed by atoms with Gasteiger partial charge >= 0.3 is 0 Å². The molecule has 0 spiro atoms. The molecule has 2 heteroatoms. The Labute approximate surface area is 76.8 Å². The maximum Gasteiger partial charge on any atom is 0 e. The second-order valence-electron chi connectivity index (χ2n) is 1.55. The molecular weight excluding hydrogens is 175 g/mol. The number of allylic oxidation sites excluding steroid dienone is 1. The SMILES string of the molecule is C=C1CCC[N-]1.[CH3-].[Y]. The van der Waals surface area contributed by atoms with Gasteiger partial charge < -0.3 is 12.7 Å². The number of hydrogen-bond acceptors (Lipinski definition) is 0. The summed E-state index contributed by atoms with van der Waals surface area (Å²) in [6, 6.07) is 0. The summed E-state index contributed by atoms with van der Waals surface area (Å²) in [7, 11) is 0. The molecule has 1 heterocycles. The van der Waals surface area contributed by atoms with Crippen LogP contribution in [0.5, 0.6) is 0 Å². The van der Waals surface area contributed by atoms with Gasteiger partial charge in [0.1, 0.15) is 0 Å². The van der Waals surface area contributed by atoms with E-state index in [1.54, 1.807) is 0 Å². The van der Waals surface area contributed by atoms with Gasteiger partial charge in [0.25, 0.3) is 0 Å². The minimum atomic E-state index is 0. The molecule has 45 valence electrons. The van der Waals surface area contributed by atoms with Crippen LogP contribution < -0.4 is 0 Å². The van der Waals surface area contributed by atoms with Crippen LogP contribution in [0.3, 0.4) is 0 Å². The summed E-state index contributed by atoms with van der Waals surface area (Å²) >= 11 is 0. The number of rotatable bonds is 0. The second kappa shape index (κ2) is 5.77. The largest absolute Gasteiger partial charge is 0.688 e. The van der Waals surface area contributed by atoms with Crippen molar-refractivity contribution in [3.8, 4) is 0 Å². The fraction of sp³-hybridized carbons (Fsp3) is 0.500. The summed E-state index contributed by atoms with van der Waals surface area (Å²) < 4.78 is 0. The van der Waals surface area contributed by atoms with Crippen LogP contribution in [-0.4, -0.2) is 6.54 Å². The van der Waals surface area contributed by atoms with Crippen molar-refractivity contribution in [2.45, 2.75) is 12.8 Å². The van der Waals surface area contributed by atoms with Crippen LogP contribution in [0.15, 0.2) is 12.3 Å². The molecule has 0 N–H and O–H groups in total. The number of nitrogens with zero attached hydrogens (tertiary/aromatic N) is 1. The normalized spacial score (nSPS) is 15.8. The van der Waals surface area contributed by atoms with E-state index in [-0.39, 0.29) is 40.1 Å². The van der Waals surface area contributed by atoms with Gasteiger partial charge in [0.2, 0.25) is 0 Å². The molecule has 0 saturated carbocycles. The van der Waals surface area contributed by atoms with Crippen LogP contribution in [0, 0.1) is 7.43 Å². The van der Waals surface area contributed by atoms with Crippen LogP contribution in [0.2, 0.25) is 0 Å². The first kappa shape index (κ1) is 11.4. The van der Waals surface area contributed by atoms with Crippen LogP contribution >= 0.6 is 0 Å². The van der Waals surface area contributed by atoms with Crippen LogP contribution in [0.4, 0.5) is 0 Å². The monoisotopic (exact) mass is 186 g/mol. The predicted molar refractivity (Wildman–Crippen MR) is 33.0 cm³/mol. The van der Waals surface area contributed by atoms with E-state index < -0.39 is 0 Å². The topological polar surface area (TPSA) is 14.1 Å². The van der Waals surface area contributed by atoms with Crippen molar-refractivity contribution in [2.75, 3.05) is 6.54 Å². The molecule has 0 bridgehead atoms. The molecule has 1 nitrogen and oxygen atoms in total. The molecule has 0 aromatic rings. The first-order valence-corrected chi connectivity index (χ1v) is 2.25. The van der Waals surface area contributed by atoms with Crippen LogP contribution in [0.25, 0.3) is 5.32 Å². The fourth-order valence-corrected chi connectivity index (χ4v) is 0.599. The van der Waals surface area contributed by atoms with Crippen molar-refractivity contribution in [3.63, 3.8) is 0 Å². The molecule has 1 saturated heterocycles. The first-order chi connectivity index (χ1) is 2.89. The Kier molecular flexibility index (Phi) is 8.26. The summed E-state index contributed by atoms with van der Waals surface area (Å²) in [4.78, 5) is 0. The smallest absolute Gasteiger partial charge is 0 e. The van der Waals surface area contributed by atoms with Gasteiger partial charge in [0.05, 0.1) is 0 Å². The molecule has 1 rings (SSSR count). The quantitative estimate of drug-likeness (QED) is 0.514. The molecule has 0 aromatic heterocycles. The zero-order valence-corrected chi connectivity index (χ0v) is 8.19. The van der Waals surface area contributed by atoms with E-state index >= 15 is 0 Å². The Morgan fingerprint density at radius 2 is 2.12 bits per heavy atom. The average molecular weight is 186 g/mol. The predicted octanol–water partition coefficient (Wildman–Crippen LogP) is 2.12. The molecule has 1 radical (unpaired) electrons. The Morgan fingerprint density at radius 3 is 2.25 bits per heavy atom. The van der Waals surface area contributed by atoms with Gasteiger partial charge in [-0.2, -0.15) is 5.70 Å². The Morgan fingerprint density at radius 1 is 1.50 bits per heavy atom. The van der Waals surface area contributed by atoms with Crippen molar-refractivity contribution in [1.29, 1.82) is 0 Å². The van der Waals surface area contributed by atoms with Gasteiger partial charge in [0, 0.05) is 32.7 Å². The summed E-state index contributed by atoms with van der Waals surface area (Å²) in [5, 5.41) is 4.04. The minimum absolute atomic E-state index is 0. The van der Waals surface area contributed by atoms with Crippen molar-refractivity contribution in [2.24, 2.45) is 0 Å². The number of hydrogen-bond donors (Lipinski definition) is 0. The summed E-state index contributed by atoms with van der Waals surface area (Å²) in [6.45, 7) is 4.70. The molecule has 1 fully saturated rings. The van der Waals surface area contributed by atoms with E-state index in [1.807, 2.05) is 0 Å². The third-order valence-corrected chi connectivity index (χ3v) is 0.959. The molecular formula is C6H11NY-2. The van der Waals surface area contributed by atoms with E-state index in [0.29, 0.717) is 0 Å². The third-order valence-electron chi connectivity index (χ3n) is 0.959. The van der Waals surface area contributed by atoms with Crippen molar-refractivity contribution >= 4 is 0 Å². The summed E-state index contributed by atoms with van der Waals surface area (Å²) in [5.41, 5.74) is 1.08. The van der Waals surface area contributed by atoms with Crippen molar-refractivity contribution < 1.29 is 32.7 Å². The maximum absolute atomic E-state index is 4.04. The van der Waals surface area contributed by atoms with E-state index in [0.717, 1.165) is 18.7 Å². The minimum Gasteiger partial charge on any atom is -0.688 e. The van der Waals surface area contributed by atoms with Gasteiger partial charge in [-0.1, -0.05) is 12.8 Å². The van der Waals surface area contributed by atoms with Crippen molar-refractivity contribution in [3.05, 3.63) is 25.0 Å².